The highest BCUT2D eigenvalue weighted by atomic mass is 127. The Morgan fingerprint density at radius 2 is 2.27 bits per heavy atom. The maximum atomic E-state index is 11.0. The normalized spacial score (nSPS) is 9.55. The van der Waals surface area contributed by atoms with Gasteiger partial charge in [0.25, 0.3) is 5.56 Å². The summed E-state index contributed by atoms with van der Waals surface area (Å²) in [6.45, 7) is 3.48. The molecule has 1 heterocycles. The van der Waals surface area contributed by atoms with Gasteiger partial charge in [-0.15, -0.1) is 0 Å². The molecule has 0 bridgehead atoms. The molecule has 11 heavy (non-hydrogen) atoms. The molecule has 1 rings (SSSR count). The smallest absolute Gasteiger partial charge is 0.314 e. The van der Waals surface area contributed by atoms with E-state index in [0.717, 1.165) is 4.57 Å². The van der Waals surface area contributed by atoms with E-state index < -0.39 is 5.69 Å². The zero-order chi connectivity index (χ0) is 8.43. The summed E-state index contributed by atoms with van der Waals surface area (Å²) in [7, 11) is 0. The van der Waals surface area contributed by atoms with Crippen LogP contribution in [-0.4, -0.2) is 9.55 Å². The van der Waals surface area contributed by atoms with Crippen molar-refractivity contribution >= 4 is 26.3 Å². The van der Waals surface area contributed by atoms with Gasteiger partial charge in [-0.2, -0.15) is 0 Å². The zero-order valence-electron chi connectivity index (χ0n) is 5.50. The van der Waals surface area contributed by atoms with Gasteiger partial charge < -0.3 is 4.98 Å². The van der Waals surface area contributed by atoms with E-state index in [4.69, 9.17) is 0 Å². The third kappa shape index (κ3) is 1.59. The number of aromatic nitrogens is 2. The number of halogens is 1. The third-order valence-electron chi connectivity index (χ3n) is 1.10. The number of hydrogen-bond acceptors (Lipinski definition) is 2. The molecule has 1 aromatic rings. The number of rotatable bonds is 1. The second-order valence-electron chi connectivity index (χ2n) is 1.83. The maximum Gasteiger partial charge on any atom is 0.333 e. The Hall–Kier alpha value is -0.850. The second kappa shape index (κ2) is 3.04. The summed E-state index contributed by atoms with van der Waals surface area (Å²) in [5.74, 6) is 0. The highest BCUT2D eigenvalue weighted by molar-refractivity contribution is 14.1. The first kappa shape index (κ1) is 8.25. The summed E-state index contributed by atoms with van der Waals surface area (Å²) in [4.78, 5) is 24.2. The molecule has 0 aliphatic rings. The van der Waals surface area contributed by atoms with E-state index >= 15 is 0 Å². The summed E-state index contributed by atoms with van der Waals surface area (Å²) in [5, 5.41) is 0. The molecule has 0 saturated carbocycles. The fourth-order valence-electron chi connectivity index (χ4n) is 0.653. The van der Waals surface area contributed by atoms with Crippen molar-refractivity contribution in [2.75, 3.05) is 0 Å². The molecule has 58 valence electrons. The van der Waals surface area contributed by atoms with Crippen LogP contribution in [0.1, 0.15) is 0 Å². The summed E-state index contributed by atoms with van der Waals surface area (Å²) < 4.78 is 1.34. The number of nitrogens with one attached hydrogen (secondary N) is 1. The lowest BCUT2D eigenvalue weighted by molar-refractivity contribution is 0.919. The highest BCUT2D eigenvalue weighted by Crippen LogP contribution is 2.02. The molecular weight excluding hydrogens is 259 g/mol. The van der Waals surface area contributed by atoms with E-state index in [-0.39, 0.29) is 5.56 Å². The van der Waals surface area contributed by atoms with Crippen molar-refractivity contribution in [1.29, 1.82) is 0 Å². The van der Waals surface area contributed by atoms with Crippen LogP contribution in [0, 0.1) is 0 Å². The van der Waals surface area contributed by atoms with Crippen LogP contribution < -0.4 is 11.2 Å². The first-order valence-corrected chi connectivity index (χ1v) is 3.86. The average Bonchev–Trinajstić information content (AvgIpc) is 1.85. The molecule has 0 atom stereocenters. The van der Waals surface area contributed by atoms with Crippen molar-refractivity contribution in [2.45, 2.75) is 0 Å². The van der Waals surface area contributed by atoms with Crippen molar-refractivity contribution in [1.82, 2.24) is 9.55 Å². The van der Waals surface area contributed by atoms with Crippen LogP contribution in [0.15, 0.2) is 28.4 Å². The Bertz CT molecular complexity index is 362. The van der Waals surface area contributed by atoms with Crippen LogP contribution in [0.5, 0.6) is 0 Å². The Morgan fingerprint density at radius 1 is 1.64 bits per heavy atom. The van der Waals surface area contributed by atoms with E-state index in [1.165, 1.54) is 12.3 Å². The molecule has 0 radical (unpaired) electrons. The van der Waals surface area contributed by atoms with Crippen LogP contribution >= 0.6 is 22.6 Å². The fraction of sp³-hybridized carbons (Fsp3) is 0. The number of nitrogens with zero attached hydrogens (tertiary/aromatic N) is 1. The van der Waals surface area contributed by atoms with Gasteiger partial charge in [-0.25, -0.2) is 9.36 Å². The van der Waals surface area contributed by atoms with Crippen LogP contribution in [0.3, 0.4) is 0 Å². The minimum Gasteiger partial charge on any atom is -0.314 e. The van der Waals surface area contributed by atoms with Crippen molar-refractivity contribution in [3.8, 4) is 0 Å². The van der Waals surface area contributed by atoms with Gasteiger partial charge in [-0.05, 0) is 22.6 Å². The van der Waals surface area contributed by atoms with Gasteiger partial charge in [-0.1, -0.05) is 6.58 Å². The predicted molar refractivity (Wildman–Crippen MR) is 50.7 cm³/mol. The molecule has 1 N–H and O–H groups in total. The molecule has 0 saturated heterocycles. The van der Waals surface area contributed by atoms with Gasteiger partial charge in [0, 0.05) is 12.3 Å². The minimum atomic E-state index is -0.461. The second-order valence-corrected chi connectivity index (χ2v) is 3.08. The molecule has 0 aliphatic carbocycles. The molecule has 0 aromatic carbocycles. The van der Waals surface area contributed by atoms with Gasteiger partial charge in [0.05, 0.1) is 3.70 Å². The molecule has 5 heteroatoms. The largest absolute Gasteiger partial charge is 0.333 e. The molecule has 0 unspecified atom stereocenters. The topological polar surface area (TPSA) is 54.9 Å². The van der Waals surface area contributed by atoms with Crippen molar-refractivity contribution in [2.24, 2.45) is 0 Å². The monoisotopic (exact) mass is 264 g/mol. The Kier molecular flexibility index (Phi) is 2.28. The predicted octanol–water partition coefficient (Wildman–Crippen LogP) is 0.400. The van der Waals surface area contributed by atoms with Gasteiger partial charge in [0.1, 0.15) is 0 Å². The van der Waals surface area contributed by atoms with Gasteiger partial charge in [-0.3, -0.25) is 4.79 Å². The quantitative estimate of drug-likeness (QED) is 0.746. The lowest BCUT2D eigenvalue weighted by Crippen LogP contribution is -2.31. The Labute approximate surface area is 75.7 Å². The van der Waals surface area contributed by atoms with Crippen molar-refractivity contribution in [3.05, 3.63) is 39.7 Å². The van der Waals surface area contributed by atoms with Crippen LogP contribution in [0.2, 0.25) is 0 Å². The highest BCUT2D eigenvalue weighted by Gasteiger charge is 1.99. The van der Waals surface area contributed by atoms with Crippen LogP contribution in [0.4, 0.5) is 0 Å². The average molecular weight is 264 g/mol. The summed E-state index contributed by atoms with van der Waals surface area (Å²) >= 11 is 1.81. The SMILES string of the molecule is C=C(I)n1c(=O)cc[nH]c1=O. The van der Waals surface area contributed by atoms with E-state index in [9.17, 15) is 9.59 Å². The molecule has 0 fully saturated rings. The van der Waals surface area contributed by atoms with E-state index in [2.05, 4.69) is 11.6 Å². The summed E-state index contributed by atoms with van der Waals surface area (Å²) in [5.41, 5.74) is -0.829. The molecule has 0 amide bonds. The Balaban J connectivity index is 3.58. The van der Waals surface area contributed by atoms with E-state index in [1.54, 1.807) is 0 Å². The molecular formula is C6H5IN2O2. The lowest BCUT2D eigenvalue weighted by Gasteiger charge is -1.97. The van der Waals surface area contributed by atoms with Gasteiger partial charge in [0.15, 0.2) is 0 Å². The summed E-state index contributed by atoms with van der Waals surface area (Å²) in [6, 6.07) is 1.27. The first-order valence-electron chi connectivity index (χ1n) is 2.78. The maximum absolute atomic E-state index is 11.0. The van der Waals surface area contributed by atoms with Gasteiger partial charge in [0.2, 0.25) is 0 Å². The molecule has 4 nitrogen and oxygen atoms in total. The third-order valence-corrected chi connectivity index (χ3v) is 1.58. The van der Waals surface area contributed by atoms with Crippen molar-refractivity contribution in [3.63, 3.8) is 0 Å². The van der Waals surface area contributed by atoms with Crippen LogP contribution in [0.25, 0.3) is 3.70 Å². The number of aromatic amines is 1. The van der Waals surface area contributed by atoms with E-state index in [1.807, 2.05) is 22.6 Å². The van der Waals surface area contributed by atoms with Crippen molar-refractivity contribution < 1.29 is 0 Å². The lowest BCUT2D eigenvalue weighted by atomic mass is 10.6. The molecule has 0 aliphatic heterocycles. The standard InChI is InChI=1S/C6H5IN2O2/c1-4(7)9-5(10)2-3-8-6(9)11/h2-3H,1H2,(H,8,11). The summed E-state index contributed by atoms with van der Waals surface area (Å²) in [6.07, 6.45) is 1.31. The van der Waals surface area contributed by atoms with Crippen LogP contribution in [-0.2, 0) is 0 Å². The van der Waals surface area contributed by atoms with E-state index in [0.29, 0.717) is 3.70 Å². The number of H-pyrrole nitrogens is 1. The zero-order valence-corrected chi connectivity index (χ0v) is 7.66. The number of hydrogen-bond donors (Lipinski definition) is 1. The van der Waals surface area contributed by atoms with Gasteiger partial charge >= 0.3 is 5.69 Å². The Morgan fingerprint density at radius 3 is 2.64 bits per heavy atom. The molecule has 0 spiro atoms. The fourth-order valence-corrected chi connectivity index (χ4v) is 1.11. The molecule has 1 aromatic heterocycles. The first-order chi connectivity index (χ1) is 5.13. The minimum absolute atomic E-state index is 0.367.